The second-order valence-corrected chi connectivity index (χ2v) is 6.41. The fraction of sp³-hybridized carbons (Fsp3) is 0.350. The molecule has 0 bridgehead atoms. The molecule has 1 aliphatic rings. The van der Waals surface area contributed by atoms with E-state index < -0.39 is 6.04 Å². The molecule has 146 valence electrons. The van der Waals surface area contributed by atoms with E-state index >= 15 is 0 Å². The summed E-state index contributed by atoms with van der Waals surface area (Å²) in [5.41, 5.74) is 7.63. The Kier molecular flexibility index (Phi) is 8.03. The van der Waals surface area contributed by atoms with Gasteiger partial charge in [0.1, 0.15) is 18.2 Å². The summed E-state index contributed by atoms with van der Waals surface area (Å²) in [6.45, 7) is 1.58. The number of rotatable bonds is 6. The van der Waals surface area contributed by atoms with Gasteiger partial charge in [-0.1, -0.05) is 18.2 Å². The number of carbonyl (C=O) groups excluding carboxylic acids is 1. The number of hydrogen-bond donors (Lipinski definition) is 2. The van der Waals surface area contributed by atoms with Crippen molar-refractivity contribution in [1.29, 1.82) is 0 Å². The van der Waals surface area contributed by atoms with Crippen molar-refractivity contribution in [1.82, 2.24) is 0 Å². The summed E-state index contributed by atoms with van der Waals surface area (Å²) >= 11 is 0. The lowest BCUT2D eigenvalue weighted by Gasteiger charge is -2.26. The molecule has 1 saturated heterocycles. The molecule has 1 heterocycles. The Morgan fingerprint density at radius 3 is 2.70 bits per heavy atom. The van der Waals surface area contributed by atoms with E-state index in [1.165, 1.54) is 12.1 Å². The highest BCUT2D eigenvalue weighted by Crippen LogP contribution is 2.20. The molecular weight excluding hydrogens is 371 g/mol. The first-order valence-corrected chi connectivity index (χ1v) is 8.73. The van der Waals surface area contributed by atoms with Crippen molar-refractivity contribution in [3.05, 3.63) is 59.9 Å². The second kappa shape index (κ2) is 10.3. The van der Waals surface area contributed by atoms with Crippen molar-refractivity contribution in [3.8, 4) is 5.75 Å². The van der Waals surface area contributed by atoms with Gasteiger partial charge in [-0.2, -0.15) is 0 Å². The molecule has 1 aliphatic heterocycles. The van der Waals surface area contributed by atoms with Crippen LogP contribution in [0.1, 0.15) is 18.4 Å². The van der Waals surface area contributed by atoms with Crippen LogP contribution < -0.4 is 15.8 Å². The second-order valence-electron chi connectivity index (χ2n) is 6.41. The summed E-state index contributed by atoms with van der Waals surface area (Å²) in [5.74, 6) is 0.0648. The van der Waals surface area contributed by atoms with Gasteiger partial charge in [0.25, 0.3) is 0 Å². The molecule has 0 aromatic heterocycles. The maximum atomic E-state index is 13.2. The van der Waals surface area contributed by atoms with Crippen LogP contribution in [0.5, 0.6) is 5.75 Å². The zero-order valence-corrected chi connectivity index (χ0v) is 15.7. The number of nitrogens with two attached hydrogens (primary N) is 1. The highest BCUT2D eigenvalue weighted by molar-refractivity contribution is 5.94. The Labute approximate surface area is 164 Å². The minimum Gasteiger partial charge on any atom is -0.489 e. The molecule has 3 N–H and O–H groups in total. The molecule has 0 saturated carbocycles. The van der Waals surface area contributed by atoms with Crippen LogP contribution >= 0.6 is 12.4 Å². The van der Waals surface area contributed by atoms with Crippen LogP contribution in [0.2, 0.25) is 0 Å². The smallest absolute Gasteiger partial charge is 0.241 e. The average molecular weight is 395 g/mol. The molecule has 3 rings (SSSR count). The van der Waals surface area contributed by atoms with E-state index in [4.69, 9.17) is 15.2 Å². The number of hydrogen-bond acceptors (Lipinski definition) is 4. The number of nitrogens with one attached hydrogen (secondary N) is 1. The topological polar surface area (TPSA) is 73.6 Å². The van der Waals surface area contributed by atoms with Gasteiger partial charge in [0, 0.05) is 25.0 Å². The molecular formula is C20H24ClFN2O3. The van der Waals surface area contributed by atoms with Crippen LogP contribution in [-0.2, 0) is 16.1 Å². The summed E-state index contributed by atoms with van der Waals surface area (Å²) in [6.07, 6.45) is 1.60. The van der Waals surface area contributed by atoms with E-state index in [9.17, 15) is 9.18 Å². The van der Waals surface area contributed by atoms with Crippen molar-refractivity contribution in [2.45, 2.75) is 25.5 Å². The normalized spacial score (nSPS) is 15.5. The van der Waals surface area contributed by atoms with Gasteiger partial charge in [-0.05, 0) is 48.6 Å². The van der Waals surface area contributed by atoms with Gasteiger partial charge >= 0.3 is 0 Å². The Morgan fingerprint density at radius 2 is 1.96 bits per heavy atom. The Morgan fingerprint density at radius 1 is 1.22 bits per heavy atom. The maximum absolute atomic E-state index is 13.2. The molecule has 1 fully saturated rings. The summed E-state index contributed by atoms with van der Waals surface area (Å²) in [6, 6.07) is 12.8. The average Bonchev–Trinajstić information content (AvgIpc) is 2.67. The minimum atomic E-state index is -0.550. The zero-order valence-electron chi connectivity index (χ0n) is 14.9. The number of ether oxygens (including phenoxy) is 2. The SMILES string of the molecule is Cl.NC(C(=O)Nc1cccc(COc2cccc(F)c2)c1)C1CCOCC1. The molecule has 2 aromatic rings. The molecule has 0 spiro atoms. The predicted molar refractivity (Wildman–Crippen MR) is 105 cm³/mol. The first kappa shape index (κ1) is 21.2. The van der Waals surface area contributed by atoms with E-state index in [-0.39, 0.29) is 36.7 Å². The number of anilines is 1. The minimum absolute atomic E-state index is 0. The molecule has 5 nitrogen and oxygen atoms in total. The van der Waals surface area contributed by atoms with Crippen molar-refractivity contribution >= 4 is 24.0 Å². The molecule has 0 aliphatic carbocycles. The Hall–Kier alpha value is -2.15. The molecule has 1 unspecified atom stereocenters. The third-order valence-electron chi connectivity index (χ3n) is 4.47. The van der Waals surface area contributed by atoms with E-state index in [0.717, 1.165) is 18.4 Å². The van der Waals surface area contributed by atoms with E-state index in [2.05, 4.69) is 5.32 Å². The molecule has 27 heavy (non-hydrogen) atoms. The van der Waals surface area contributed by atoms with Crippen LogP contribution in [0.15, 0.2) is 48.5 Å². The third kappa shape index (κ3) is 6.20. The van der Waals surface area contributed by atoms with Gasteiger partial charge in [-0.25, -0.2) is 4.39 Å². The molecule has 2 aromatic carbocycles. The lowest BCUT2D eigenvalue weighted by atomic mass is 9.92. The van der Waals surface area contributed by atoms with Crippen molar-refractivity contribution in [3.63, 3.8) is 0 Å². The van der Waals surface area contributed by atoms with Crippen LogP contribution in [0.3, 0.4) is 0 Å². The maximum Gasteiger partial charge on any atom is 0.241 e. The highest BCUT2D eigenvalue weighted by atomic mass is 35.5. The van der Waals surface area contributed by atoms with E-state index in [1.807, 2.05) is 18.2 Å². The zero-order chi connectivity index (χ0) is 18.4. The molecule has 7 heteroatoms. The van der Waals surface area contributed by atoms with Gasteiger partial charge in [-0.15, -0.1) is 12.4 Å². The largest absolute Gasteiger partial charge is 0.489 e. The number of benzene rings is 2. The summed E-state index contributed by atoms with van der Waals surface area (Å²) < 4.78 is 24.1. The predicted octanol–water partition coefficient (Wildman–Crippen LogP) is 3.52. The first-order chi connectivity index (χ1) is 12.6. The van der Waals surface area contributed by atoms with Crippen molar-refractivity contribution in [2.24, 2.45) is 11.7 Å². The van der Waals surface area contributed by atoms with Gasteiger partial charge < -0.3 is 20.5 Å². The third-order valence-corrected chi connectivity index (χ3v) is 4.47. The van der Waals surface area contributed by atoms with E-state index in [0.29, 0.717) is 24.7 Å². The molecule has 0 radical (unpaired) electrons. The van der Waals surface area contributed by atoms with Gasteiger partial charge in [0.05, 0.1) is 6.04 Å². The summed E-state index contributed by atoms with van der Waals surface area (Å²) in [7, 11) is 0. The molecule has 1 amide bonds. The first-order valence-electron chi connectivity index (χ1n) is 8.73. The lowest BCUT2D eigenvalue weighted by molar-refractivity contribution is -0.119. The van der Waals surface area contributed by atoms with Crippen molar-refractivity contribution < 1.29 is 18.7 Å². The van der Waals surface area contributed by atoms with Crippen molar-refractivity contribution in [2.75, 3.05) is 18.5 Å². The van der Waals surface area contributed by atoms with Crippen LogP contribution in [0, 0.1) is 11.7 Å². The van der Waals surface area contributed by atoms with Crippen LogP contribution in [-0.4, -0.2) is 25.2 Å². The summed E-state index contributed by atoms with van der Waals surface area (Å²) in [5, 5.41) is 2.87. The van der Waals surface area contributed by atoms with Gasteiger partial charge in [0.2, 0.25) is 5.91 Å². The highest BCUT2D eigenvalue weighted by Gasteiger charge is 2.26. The Balaban J connectivity index is 0.00000261. The summed E-state index contributed by atoms with van der Waals surface area (Å²) in [4.78, 5) is 12.4. The number of amides is 1. The fourth-order valence-corrected chi connectivity index (χ4v) is 2.98. The molecule has 1 atom stereocenters. The number of halogens is 2. The van der Waals surface area contributed by atoms with Crippen LogP contribution in [0.4, 0.5) is 10.1 Å². The fourth-order valence-electron chi connectivity index (χ4n) is 2.98. The lowest BCUT2D eigenvalue weighted by Crippen LogP contribution is -2.44. The monoisotopic (exact) mass is 394 g/mol. The Bertz CT molecular complexity index is 754. The quantitative estimate of drug-likeness (QED) is 0.786. The van der Waals surface area contributed by atoms with Crippen LogP contribution in [0.25, 0.3) is 0 Å². The van der Waals surface area contributed by atoms with Gasteiger partial charge in [-0.3, -0.25) is 4.79 Å². The van der Waals surface area contributed by atoms with E-state index in [1.54, 1.807) is 18.2 Å². The number of carbonyl (C=O) groups is 1. The van der Waals surface area contributed by atoms with Gasteiger partial charge in [0.15, 0.2) is 0 Å². The standard InChI is InChI=1S/C20H23FN2O3.ClH/c21-16-4-2-6-18(12-16)26-13-14-3-1-5-17(11-14)23-20(24)19(22)15-7-9-25-10-8-15;/h1-6,11-12,15,19H,7-10,13,22H2,(H,23,24);1H.